The van der Waals surface area contributed by atoms with Crippen molar-refractivity contribution < 1.29 is 0 Å². The first kappa shape index (κ1) is 15.6. The van der Waals surface area contributed by atoms with Crippen LogP contribution in [-0.4, -0.2) is 11.4 Å². The summed E-state index contributed by atoms with van der Waals surface area (Å²) < 4.78 is 0. The minimum atomic E-state index is 0.517. The molecule has 0 N–H and O–H groups in total. The SMILES string of the molecule is CC.CC(C)C1=NN=C(CC(C)c2ccccc2)C1. The Kier molecular flexibility index (Phi) is 6.48. The summed E-state index contributed by atoms with van der Waals surface area (Å²) in [6, 6.07) is 10.6. The van der Waals surface area contributed by atoms with Gasteiger partial charge in [-0.3, -0.25) is 0 Å². The van der Waals surface area contributed by atoms with Crippen LogP contribution in [0.25, 0.3) is 0 Å². The Bertz CT molecular complexity index is 430. The van der Waals surface area contributed by atoms with Crippen molar-refractivity contribution in [2.45, 2.75) is 53.4 Å². The Morgan fingerprint density at radius 1 is 1.00 bits per heavy atom. The van der Waals surface area contributed by atoms with Crippen LogP contribution in [0.4, 0.5) is 0 Å². The maximum absolute atomic E-state index is 4.31. The Labute approximate surface area is 117 Å². The van der Waals surface area contributed by atoms with Crippen molar-refractivity contribution in [1.82, 2.24) is 0 Å². The normalized spacial score (nSPS) is 15.5. The Morgan fingerprint density at radius 3 is 2.16 bits per heavy atom. The number of benzene rings is 1. The molecular formula is C17H26N2. The van der Waals surface area contributed by atoms with Gasteiger partial charge in [-0.2, -0.15) is 10.2 Å². The molecule has 19 heavy (non-hydrogen) atoms. The van der Waals surface area contributed by atoms with Crippen molar-refractivity contribution in [3.05, 3.63) is 35.9 Å². The molecule has 2 heteroatoms. The van der Waals surface area contributed by atoms with Crippen LogP contribution in [0.2, 0.25) is 0 Å². The molecule has 1 heterocycles. The first-order valence-electron chi connectivity index (χ1n) is 7.34. The van der Waals surface area contributed by atoms with Gasteiger partial charge in [-0.05, 0) is 23.8 Å². The third-order valence-corrected chi connectivity index (χ3v) is 3.28. The van der Waals surface area contributed by atoms with E-state index >= 15 is 0 Å². The third-order valence-electron chi connectivity index (χ3n) is 3.28. The molecule has 1 atom stereocenters. The Balaban J connectivity index is 0.000000861. The summed E-state index contributed by atoms with van der Waals surface area (Å²) in [5.74, 6) is 1.04. The molecule has 0 amide bonds. The molecule has 0 aliphatic carbocycles. The van der Waals surface area contributed by atoms with Gasteiger partial charge < -0.3 is 0 Å². The van der Waals surface area contributed by atoms with E-state index in [1.54, 1.807) is 0 Å². The minimum Gasteiger partial charge on any atom is -0.160 e. The van der Waals surface area contributed by atoms with Crippen molar-refractivity contribution in [3.8, 4) is 0 Å². The molecule has 0 saturated carbocycles. The molecule has 0 fully saturated rings. The first-order chi connectivity index (χ1) is 9.16. The van der Waals surface area contributed by atoms with Gasteiger partial charge in [-0.25, -0.2) is 0 Å². The molecule has 1 aromatic rings. The van der Waals surface area contributed by atoms with E-state index in [0.717, 1.165) is 12.8 Å². The quantitative estimate of drug-likeness (QED) is 0.721. The highest BCUT2D eigenvalue weighted by molar-refractivity contribution is 6.08. The standard InChI is InChI=1S/C15H20N2.C2H6/c1-11(2)15-10-14(16-17-15)9-12(3)13-7-5-4-6-8-13;1-2/h4-8,11-12H,9-10H2,1-3H3;1-2H3. The summed E-state index contributed by atoms with van der Waals surface area (Å²) in [6.07, 6.45) is 1.98. The van der Waals surface area contributed by atoms with Crippen LogP contribution in [0.1, 0.15) is 58.9 Å². The maximum Gasteiger partial charge on any atom is 0.0487 e. The molecule has 1 unspecified atom stereocenters. The zero-order chi connectivity index (χ0) is 14.3. The fraction of sp³-hybridized carbons (Fsp3) is 0.529. The van der Waals surface area contributed by atoms with Gasteiger partial charge in [0.2, 0.25) is 0 Å². The first-order valence-corrected chi connectivity index (χ1v) is 7.34. The fourth-order valence-corrected chi connectivity index (χ4v) is 2.10. The lowest BCUT2D eigenvalue weighted by atomic mass is 9.92. The van der Waals surface area contributed by atoms with Gasteiger partial charge in [0.1, 0.15) is 0 Å². The van der Waals surface area contributed by atoms with E-state index in [1.807, 2.05) is 13.8 Å². The highest BCUT2D eigenvalue weighted by atomic mass is 15.2. The lowest BCUT2D eigenvalue weighted by Gasteiger charge is -2.11. The molecular weight excluding hydrogens is 232 g/mol. The van der Waals surface area contributed by atoms with Gasteiger partial charge in [0.25, 0.3) is 0 Å². The van der Waals surface area contributed by atoms with Crippen molar-refractivity contribution in [1.29, 1.82) is 0 Å². The summed E-state index contributed by atoms with van der Waals surface area (Å²) in [4.78, 5) is 0. The van der Waals surface area contributed by atoms with Gasteiger partial charge >= 0.3 is 0 Å². The third kappa shape index (κ3) is 4.62. The van der Waals surface area contributed by atoms with Gasteiger partial charge in [-0.1, -0.05) is 65.0 Å². The summed E-state index contributed by atoms with van der Waals surface area (Å²) in [6.45, 7) is 10.6. The van der Waals surface area contributed by atoms with Crippen LogP contribution in [-0.2, 0) is 0 Å². The summed E-state index contributed by atoms with van der Waals surface area (Å²) in [5, 5.41) is 8.58. The molecule has 0 spiro atoms. The van der Waals surface area contributed by atoms with E-state index in [4.69, 9.17) is 0 Å². The summed E-state index contributed by atoms with van der Waals surface area (Å²) in [5.41, 5.74) is 3.83. The number of rotatable bonds is 4. The summed E-state index contributed by atoms with van der Waals surface area (Å²) in [7, 11) is 0. The van der Waals surface area contributed by atoms with Crippen molar-refractivity contribution >= 4 is 11.4 Å². The zero-order valence-electron chi connectivity index (χ0n) is 12.9. The number of hydrogen-bond donors (Lipinski definition) is 0. The highest BCUT2D eigenvalue weighted by Crippen LogP contribution is 2.22. The van der Waals surface area contributed by atoms with Gasteiger partial charge in [0.15, 0.2) is 0 Å². The average Bonchev–Trinajstić information content (AvgIpc) is 2.91. The van der Waals surface area contributed by atoms with Crippen LogP contribution < -0.4 is 0 Å². The predicted octanol–water partition coefficient (Wildman–Crippen LogP) is 5.06. The zero-order valence-corrected chi connectivity index (χ0v) is 12.9. The van der Waals surface area contributed by atoms with Crippen LogP contribution >= 0.6 is 0 Å². The van der Waals surface area contributed by atoms with Crippen molar-refractivity contribution in [3.63, 3.8) is 0 Å². The molecule has 1 aliphatic heterocycles. The smallest absolute Gasteiger partial charge is 0.0487 e. The predicted molar refractivity (Wildman–Crippen MR) is 85.1 cm³/mol. The molecule has 1 aromatic carbocycles. The Hall–Kier alpha value is -1.44. The van der Waals surface area contributed by atoms with Crippen LogP contribution in [0.3, 0.4) is 0 Å². The van der Waals surface area contributed by atoms with E-state index in [2.05, 4.69) is 61.3 Å². The lowest BCUT2D eigenvalue weighted by molar-refractivity contribution is 0.798. The molecule has 0 bridgehead atoms. The van der Waals surface area contributed by atoms with E-state index in [1.165, 1.54) is 17.0 Å². The molecule has 2 nitrogen and oxygen atoms in total. The monoisotopic (exact) mass is 258 g/mol. The fourth-order valence-electron chi connectivity index (χ4n) is 2.10. The van der Waals surface area contributed by atoms with Crippen LogP contribution in [0, 0.1) is 5.92 Å². The molecule has 104 valence electrons. The molecule has 0 radical (unpaired) electrons. The summed E-state index contributed by atoms with van der Waals surface area (Å²) >= 11 is 0. The lowest BCUT2D eigenvalue weighted by Crippen LogP contribution is -2.10. The Morgan fingerprint density at radius 2 is 1.63 bits per heavy atom. The number of nitrogens with zero attached hydrogens (tertiary/aromatic N) is 2. The van der Waals surface area contributed by atoms with Gasteiger partial charge in [0.05, 0.1) is 0 Å². The van der Waals surface area contributed by atoms with Gasteiger partial charge in [0, 0.05) is 17.8 Å². The molecule has 0 saturated heterocycles. The second-order valence-corrected chi connectivity index (χ2v) is 5.10. The van der Waals surface area contributed by atoms with Gasteiger partial charge in [-0.15, -0.1) is 0 Å². The van der Waals surface area contributed by atoms with E-state index in [0.29, 0.717) is 11.8 Å². The second-order valence-electron chi connectivity index (χ2n) is 5.10. The van der Waals surface area contributed by atoms with Crippen LogP contribution in [0.15, 0.2) is 40.5 Å². The minimum absolute atomic E-state index is 0.517. The van der Waals surface area contributed by atoms with E-state index in [9.17, 15) is 0 Å². The topological polar surface area (TPSA) is 24.7 Å². The molecule has 2 rings (SSSR count). The highest BCUT2D eigenvalue weighted by Gasteiger charge is 2.17. The second kappa shape index (κ2) is 7.88. The van der Waals surface area contributed by atoms with Crippen molar-refractivity contribution in [2.75, 3.05) is 0 Å². The number of hydrogen-bond acceptors (Lipinski definition) is 2. The largest absolute Gasteiger partial charge is 0.160 e. The maximum atomic E-state index is 4.31. The molecule has 1 aliphatic rings. The van der Waals surface area contributed by atoms with Crippen molar-refractivity contribution in [2.24, 2.45) is 16.1 Å². The van der Waals surface area contributed by atoms with E-state index < -0.39 is 0 Å². The molecule has 0 aromatic heterocycles. The average molecular weight is 258 g/mol. The van der Waals surface area contributed by atoms with Crippen LogP contribution in [0.5, 0.6) is 0 Å². The van der Waals surface area contributed by atoms with E-state index in [-0.39, 0.29) is 0 Å².